The fourth-order valence-corrected chi connectivity index (χ4v) is 1.60. The first-order chi connectivity index (χ1) is 8.08. The highest BCUT2D eigenvalue weighted by Gasteiger charge is 2.16. The van der Waals surface area contributed by atoms with E-state index in [0.717, 1.165) is 6.54 Å². The van der Waals surface area contributed by atoms with Gasteiger partial charge in [-0.05, 0) is 25.0 Å². The summed E-state index contributed by atoms with van der Waals surface area (Å²) in [7, 11) is 0. The lowest BCUT2D eigenvalue weighted by Gasteiger charge is -2.22. The van der Waals surface area contributed by atoms with Gasteiger partial charge in [-0.3, -0.25) is 15.6 Å². The van der Waals surface area contributed by atoms with Crippen molar-refractivity contribution in [2.24, 2.45) is 11.8 Å². The molecule has 0 saturated heterocycles. The Kier molecular flexibility index (Phi) is 4.90. The van der Waals surface area contributed by atoms with E-state index >= 15 is 0 Å². The van der Waals surface area contributed by atoms with E-state index in [0.29, 0.717) is 23.8 Å². The van der Waals surface area contributed by atoms with Crippen LogP contribution in [0.4, 0.5) is 5.69 Å². The first kappa shape index (κ1) is 13.4. The van der Waals surface area contributed by atoms with E-state index in [2.05, 4.69) is 24.3 Å². The lowest BCUT2D eigenvalue weighted by Crippen LogP contribution is -2.34. The Morgan fingerprint density at radius 1 is 1.59 bits per heavy atom. The van der Waals surface area contributed by atoms with Crippen molar-refractivity contribution in [3.63, 3.8) is 0 Å². The van der Waals surface area contributed by atoms with Crippen LogP contribution in [0.2, 0.25) is 0 Å². The summed E-state index contributed by atoms with van der Waals surface area (Å²) < 4.78 is 0. The Balaban J connectivity index is 2.85. The number of aromatic nitrogens is 1. The van der Waals surface area contributed by atoms with E-state index in [4.69, 9.17) is 5.84 Å². The molecule has 0 aliphatic carbocycles. The molecule has 0 atom stereocenters. The van der Waals surface area contributed by atoms with Gasteiger partial charge in [0.1, 0.15) is 5.69 Å². The van der Waals surface area contributed by atoms with E-state index in [1.54, 1.807) is 23.2 Å². The van der Waals surface area contributed by atoms with Gasteiger partial charge in [0.15, 0.2) is 0 Å². The lowest BCUT2D eigenvalue weighted by molar-refractivity contribution is 0.0740. The van der Waals surface area contributed by atoms with Crippen molar-refractivity contribution in [1.29, 1.82) is 0 Å². The summed E-state index contributed by atoms with van der Waals surface area (Å²) in [6.07, 6.45) is 1.58. The maximum absolute atomic E-state index is 12.2. The number of nitrogen functional groups attached to an aromatic ring is 1. The smallest absolute Gasteiger partial charge is 0.272 e. The van der Waals surface area contributed by atoms with Crippen LogP contribution in [-0.4, -0.2) is 28.9 Å². The minimum atomic E-state index is -0.0571. The molecular weight excluding hydrogens is 216 g/mol. The van der Waals surface area contributed by atoms with Crippen LogP contribution in [0.3, 0.4) is 0 Å². The van der Waals surface area contributed by atoms with Gasteiger partial charge in [-0.15, -0.1) is 0 Å². The number of hydrazine groups is 1. The highest BCUT2D eigenvalue weighted by molar-refractivity contribution is 5.93. The normalized spacial score (nSPS) is 10.4. The largest absolute Gasteiger partial charge is 0.337 e. The second kappa shape index (κ2) is 6.20. The van der Waals surface area contributed by atoms with Gasteiger partial charge in [0.25, 0.3) is 5.91 Å². The number of nitrogens with one attached hydrogen (secondary N) is 1. The van der Waals surface area contributed by atoms with E-state index in [-0.39, 0.29) is 5.91 Å². The molecule has 0 aliphatic rings. The number of nitrogens with two attached hydrogens (primary N) is 1. The first-order valence-corrected chi connectivity index (χ1v) is 5.80. The van der Waals surface area contributed by atoms with E-state index in [1.807, 2.05) is 6.92 Å². The fourth-order valence-electron chi connectivity index (χ4n) is 1.60. The molecule has 0 aliphatic heterocycles. The molecule has 94 valence electrons. The molecule has 0 aromatic carbocycles. The average molecular weight is 236 g/mol. The van der Waals surface area contributed by atoms with Crippen LogP contribution in [-0.2, 0) is 0 Å². The van der Waals surface area contributed by atoms with Crippen molar-refractivity contribution in [2.75, 3.05) is 18.5 Å². The average Bonchev–Trinajstić information content (AvgIpc) is 2.35. The van der Waals surface area contributed by atoms with Crippen LogP contribution < -0.4 is 11.3 Å². The molecule has 3 N–H and O–H groups in total. The van der Waals surface area contributed by atoms with E-state index in [1.165, 1.54) is 0 Å². The molecule has 5 heteroatoms. The summed E-state index contributed by atoms with van der Waals surface area (Å²) in [6.45, 7) is 7.55. The third-order valence-electron chi connectivity index (χ3n) is 2.40. The topological polar surface area (TPSA) is 71.2 Å². The Labute approximate surface area is 102 Å². The summed E-state index contributed by atoms with van der Waals surface area (Å²) in [5.41, 5.74) is 3.61. The molecule has 1 rings (SSSR count). The monoisotopic (exact) mass is 236 g/mol. The van der Waals surface area contributed by atoms with E-state index < -0.39 is 0 Å². The summed E-state index contributed by atoms with van der Waals surface area (Å²) in [5.74, 6) is 5.69. The maximum Gasteiger partial charge on any atom is 0.272 e. The Morgan fingerprint density at radius 2 is 2.29 bits per heavy atom. The second-order valence-electron chi connectivity index (χ2n) is 4.31. The fraction of sp³-hybridized carbons (Fsp3) is 0.500. The number of rotatable bonds is 5. The lowest BCUT2D eigenvalue weighted by atomic mass is 10.2. The standard InChI is InChI=1S/C12H20N4O/c1-4-16(8-9(2)3)12(17)11-7-10(15-13)5-6-14-11/h5-7,9H,4,8,13H2,1-3H3,(H,14,15). The third-order valence-corrected chi connectivity index (χ3v) is 2.40. The van der Waals surface area contributed by atoms with Gasteiger partial charge in [-0.2, -0.15) is 0 Å². The van der Waals surface area contributed by atoms with Crippen molar-refractivity contribution >= 4 is 11.6 Å². The molecule has 5 nitrogen and oxygen atoms in total. The van der Waals surface area contributed by atoms with Crippen molar-refractivity contribution in [1.82, 2.24) is 9.88 Å². The Morgan fingerprint density at radius 3 is 2.82 bits per heavy atom. The number of carbonyl (C=O) groups is 1. The molecule has 0 radical (unpaired) electrons. The summed E-state index contributed by atoms with van der Waals surface area (Å²) in [5, 5.41) is 0. The molecule has 0 spiro atoms. The molecule has 0 saturated carbocycles. The van der Waals surface area contributed by atoms with Gasteiger partial charge in [0.2, 0.25) is 0 Å². The predicted octanol–water partition coefficient (Wildman–Crippen LogP) is 1.49. The molecule has 1 aromatic rings. The molecule has 0 bridgehead atoms. The van der Waals surface area contributed by atoms with Gasteiger partial charge < -0.3 is 10.3 Å². The summed E-state index contributed by atoms with van der Waals surface area (Å²) >= 11 is 0. The van der Waals surface area contributed by atoms with Gasteiger partial charge in [0.05, 0.1) is 5.69 Å². The predicted molar refractivity (Wildman–Crippen MR) is 68.5 cm³/mol. The van der Waals surface area contributed by atoms with Crippen LogP contribution in [0.5, 0.6) is 0 Å². The molecule has 1 amide bonds. The van der Waals surface area contributed by atoms with Crippen LogP contribution in [0, 0.1) is 5.92 Å². The molecule has 0 unspecified atom stereocenters. The van der Waals surface area contributed by atoms with Crippen molar-refractivity contribution in [3.8, 4) is 0 Å². The molecule has 1 heterocycles. The number of hydrogen-bond donors (Lipinski definition) is 2. The molecule has 0 fully saturated rings. The van der Waals surface area contributed by atoms with Crippen LogP contribution in [0.25, 0.3) is 0 Å². The minimum absolute atomic E-state index is 0.0571. The zero-order chi connectivity index (χ0) is 12.8. The maximum atomic E-state index is 12.2. The number of hydrogen-bond acceptors (Lipinski definition) is 4. The van der Waals surface area contributed by atoms with Crippen LogP contribution >= 0.6 is 0 Å². The highest BCUT2D eigenvalue weighted by Crippen LogP contribution is 2.10. The summed E-state index contributed by atoms with van der Waals surface area (Å²) in [6, 6.07) is 3.38. The first-order valence-electron chi connectivity index (χ1n) is 5.80. The number of amides is 1. The van der Waals surface area contributed by atoms with Crippen molar-refractivity contribution in [3.05, 3.63) is 24.0 Å². The van der Waals surface area contributed by atoms with Crippen LogP contribution in [0.15, 0.2) is 18.3 Å². The number of anilines is 1. The SMILES string of the molecule is CCN(CC(C)C)C(=O)c1cc(NN)ccn1. The number of nitrogens with zero attached hydrogens (tertiary/aromatic N) is 2. The Bertz CT molecular complexity index is 379. The minimum Gasteiger partial charge on any atom is -0.337 e. The van der Waals surface area contributed by atoms with Gasteiger partial charge in [-0.25, -0.2) is 0 Å². The quantitative estimate of drug-likeness (QED) is 0.600. The third kappa shape index (κ3) is 3.71. The number of carbonyl (C=O) groups excluding carboxylic acids is 1. The van der Waals surface area contributed by atoms with Crippen LogP contribution in [0.1, 0.15) is 31.3 Å². The van der Waals surface area contributed by atoms with Crippen molar-refractivity contribution < 1.29 is 4.79 Å². The van der Waals surface area contributed by atoms with Gasteiger partial charge in [-0.1, -0.05) is 13.8 Å². The zero-order valence-corrected chi connectivity index (χ0v) is 10.6. The Hall–Kier alpha value is -1.62. The second-order valence-corrected chi connectivity index (χ2v) is 4.31. The molecule has 1 aromatic heterocycles. The van der Waals surface area contributed by atoms with E-state index in [9.17, 15) is 4.79 Å². The summed E-state index contributed by atoms with van der Waals surface area (Å²) in [4.78, 5) is 18.0. The molecule has 17 heavy (non-hydrogen) atoms. The number of pyridine rings is 1. The molecular formula is C12H20N4O. The van der Waals surface area contributed by atoms with Gasteiger partial charge in [0, 0.05) is 19.3 Å². The highest BCUT2D eigenvalue weighted by atomic mass is 16.2. The zero-order valence-electron chi connectivity index (χ0n) is 10.6. The van der Waals surface area contributed by atoms with Crippen molar-refractivity contribution in [2.45, 2.75) is 20.8 Å². The van der Waals surface area contributed by atoms with Gasteiger partial charge >= 0.3 is 0 Å².